The molecule has 104 valence electrons. The number of carbonyl (C=O) groups excluding carboxylic acids is 1. The van der Waals surface area contributed by atoms with E-state index in [0.717, 1.165) is 0 Å². The van der Waals surface area contributed by atoms with Gasteiger partial charge in [-0.15, -0.1) is 0 Å². The first-order chi connectivity index (χ1) is 8.94. The number of carboxylic acids is 1. The lowest BCUT2D eigenvalue weighted by Gasteiger charge is -2.26. The maximum absolute atomic E-state index is 11.8. The molecule has 0 aliphatic heterocycles. The number of hydrogen-bond acceptors (Lipinski definition) is 5. The second-order valence-corrected chi connectivity index (χ2v) is 4.24. The van der Waals surface area contributed by atoms with E-state index in [1.54, 1.807) is 32.9 Å². The number of ether oxygens (including phenoxy) is 1. The Labute approximate surface area is 111 Å². The van der Waals surface area contributed by atoms with E-state index in [1.165, 1.54) is 6.20 Å². The van der Waals surface area contributed by atoms with Gasteiger partial charge in [-0.3, -0.25) is 0 Å². The molecule has 1 aromatic rings. The van der Waals surface area contributed by atoms with Crippen LogP contribution in [0, 0.1) is 0 Å². The van der Waals surface area contributed by atoms with Gasteiger partial charge in [0.25, 0.3) is 0 Å². The minimum absolute atomic E-state index is 0.215. The summed E-state index contributed by atoms with van der Waals surface area (Å²) in [5.74, 6) is -1.31. The summed E-state index contributed by atoms with van der Waals surface area (Å²) in [6.07, 6.45) is 1.84. The molecule has 19 heavy (non-hydrogen) atoms. The SMILES string of the molecule is CCOC(=O)c1cccnc1NC(C)(CC)C(=O)O. The summed E-state index contributed by atoms with van der Waals surface area (Å²) in [6, 6.07) is 3.15. The van der Waals surface area contributed by atoms with Gasteiger partial charge in [-0.2, -0.15) is 0 Å². The van der Waals surface area contributed by atoms with Crippen LogP contribution in [-0.4, -0.2) is 34.2 Å². The molecule has 0 bridgehead atoms. The third kappa shape index (κ3) is 3.43. The maximum atomic E-state index is 11.8. The van der Waals surface area contributed by atoms with Gasteiger partial charge in [0.15, 0.2) is 0 Å². The first-order valence-electron chi connectivity index (χ1n) is 6.08. The lowest BCUT2D eigenvalue weighted by molar-refractivity contribution is -0.141. The van der Waals surface area contributed by atoms with E-state index in [-0.39, 0.29) is 18.0 Å². The van der Waals surface area contributed by atoms with Crippen molar-refractivity contribution in [2.45, 2.75) is 32.7 Å². The molecule has 0 aliphatic carbocycles. The Kier molecular flexibility index (Phi) is 4.86. The smallest absolute Gasteiger partial charge is 0.341 e. The van der Waals surface area contributed by atoms with Crippen molar-refractivity contribution >= 4 is 17.8 Å². The molecule has 1 rings (SSSR count). The van der Waals surface area contributed by atoms with E-state index in [9.17, 15) is 14.7 Å². The third-order valence-electron chi connectivity index (χ3n) is 2.88. The van der Waals surface area contributed by atoms with Crippen molar-refractivity contribution in [1.82, 2.24) is 4.98 Å². The van der Waals surface area contributed by atoms with Crippen LogP contribution in [-0.2, 0) is 9.53 Å². The van der Waals surface area contributed by atoms with Gasteiger partial charge in [0, 0.05) is 6.20 Å². The molecule has 0 spiro atoms. The lowest BCUT2D eigenvalue weighted by atomic mass is 9.99. The molecule has 1 unspecified atom stereocenters. The molecule has 0 amide bonds. The highest BCUT2D eigenvalue weighted by atomic mass is 16.5. The van der Waals surface area contributed by atoms with Crippen LogP contribution in [0.1, 0.15) is 37.6 Å². The Morgan fingerprint density at radius 3 is 2.68 bits per heavy atom. The van der Waals surface area contributed by atoms with Crippen molar-refractivity contribution in [3.05, 3.63) is 23.9 Å². The fourth-order valence-electron chi connectivity index (χ4n) is 1.43. The molecule has 0 fully saturated rings. The van der Waals surface area contributed by atoms with Gasteiger partial charge in [-0.1, -0.05) is 6.92 Å². The lowest BCUT2D eigenvalue weighted by Crippen LogP contribution is -2.43. The number of aromatic nitrogens is 1. The number of anilines is 1. The van der Waals surface area contributed by atoms with Crippen molar-refractivity contribution in [1.29, 1.82) is 0 Å². The summed E-state index contributed by atoms with van der Waals surface area (Å²) in [7, 11) is 0. The fraction of sp³-hybridized carbons (Fsp3) is 0.462. The number of nitrogens with one attached hydrogen (secondary N) is 1. The molecule has 2 N–H and O–H groups in total. The Bertz CT molecular complexity index is 475. The number of hydrogen-bond donors (Lipinski definition) is 2. The molecule has 6 nitrogen and oxygen atoms in total. The Morgan fingerprint density at radius 1 is 1.47 bits per heavy atom. The van der Waals surface area contributed by atoms with Crippen LogP contribution in [0.2, 0.25) is 0 Å². The minimum Gasteiger partial charge on any atom is -0.480 e. The van der Waals surface area contributed by atoms with Crippen molar-refractivity contribution < 1.29 is 19.4 Å². The van der Waals surface area contributed by atoms with Crippen LogP contribution < -0.4 is 5.32 Å². The molecule has 1 heterocycles. The van der Waals surface area contributed by atoms with E-state index in [1.807, 2.05) is 0 Å². The van der Waals surface area contributed by atoms with Crippen LogP contribution in [0.25, 0.3) is 0 Å². The Balaban J connectivity index is 3.07. The van der Waals surface area contributed by atoms with E-state index < -0.39 is 17.5 Å². The number of nitrogens with zero attached hydrogens (tertiary/aromatic N) is 1. The first kappa shape index (κ1) is 14.9. The summed E-state index contributed by atoms with van der Waals surface area (Å²) < 4.78 is 4.91. The third-order valence-corrected chi connectivity index (χ3v) is 2.88. The largest absolute Gasteiger partial charge is 0.480 e. The second-order valence-electron chi connectivity index (χ2n) is 4.24. The average Bonchev–Trinajstić information content (AvgIpc) is 2.39. The molecule has 6 heteroatoms. The van der Waals surface area contributed by atoms with Gasteiger partial charge in [-0.05, 0) is 32.4 Å². The van der Waals surface area contributed by atoms with Gasteiger partial charge in [0.1, 0.15) is 16.9 Å². The Morgan fingerprint density at radius 2 is 2.16 bits per heavy atom. The van der Waals surface area contributed by atoms with E-state index in [0.29, 0.717) is 6.42 Å². The highest BCUT2D eigenvalue weighted by molar-refractivity contribution is 5.95. The minimum atomic E-state index is -1.18. The highest BCUT2D eigenvalue weighted by Crippen LogP contribution is 2.21. The molecule has 1 aromatic heterocycles. The number of aliphatic carboxylic acids is 1. The number of rotatable bonds is 6. The van der Waals surface area contributed by atoms with E-state index in [4.69, 9.17) is 4.74 Å². The predicted octanol–water partition coefficient (Wildman–Crippen LogP) is 1.92. The van der Waals surface area contributed by atoms with Crippen LogP contribution in [0.5, 0.6) is 0 Å². The molecule has 0 aliphatic rings. The van der Waals surface area contributed by atoms with Gasteiger partial charge in [0.2, 0.25) is 0 Å². The zero-order valence-corrected chi connectivity index (χ0v) is 11.3. The number of carbonyl (C=O) groups is 2. The Hall–Kier alpha value is -2.11. The van der Waals surface area contributed by atoms with Crippen LogP contribution in [0.4, 0.5) is 5.82 Å². The summed E-state index contributed by atoms with van der Waals surface area (Å²) in [5, 5.41) is 12.0. The van der Waals surface area contributed by atoms with Crippen LogP contribution in [0.15, 0.2) is 18.3 Å². The fourth-order valence-corrected chi connectivity index (χ4v) is 1.43. The predicted molar refractivity (Wildman–Crippen MR) is 70.1 cm³/mol. The zero-order valence-electron chi connectivity index (χ0n) is 11.3. The van der Waals surface area contributed by atoms with Crippen molar-refractivity contribution in [2.75, 3.05) is 11.9 Å². The molecular weight excluding hydrogens is 248 g/mol. The summed E-state index contributed by atoms with van der Waals surface area (Å²) >= 11 is 0. The van der Waals surface area contributed by atoms with Gasteiger partial charge >= 0.3 is 11.9 Å². The van der Waals surface area contributed by atoms with Gasteiger partial charge < -0.3 is 15.2 Å². The number of pyridine rings is 1. The average molecular weight is 266 g/mol. The summed E-state index contributed by atoms with van der Waals surface area (Å²) in [4.78, 5) is 27.0. The van der Waals surface area contributed by atoms with E-state index in [2.05, 4.69) is 10.3 Å². The quantitative estimate of drug-likeness (QED) is 0.765. The van der Waals surface area contributed by atoms with Gasteiger partial charge in [0.05, 0.1) is 6.61 Å². The molecular formula is C13H18N2O4. The number of carboxylic acid groups (broad SMARTS) is 1. The summed E-state index contributed by atoms with van der Waals surface area (Å²) in [6.45, 7) is 5.24. The molecule has 0 aromatic carbocycles. The number of esters is 1. The monoisotopic (exact) mass is 266 g/mol. The van der Waals surface area contributed by atoms with Crippen molar-refractivity contribution in [3.8, 4) is 0 Å². The van der Waals surface area contributed by atoms with Crippen molar-refractivity contribution in [3.63, 3.8) is 0 Å². The molecule has 0 saturated heterocycles. The summed E-state index contributed by atoms with van der Waals surface area (Å²) in [5.41, 5.74) is -0.958. The molecule has 1 atom stereocenters. The topological polar surface area (TPSA) is 88.5 Å². The highest BCUT2D eigenvalue weighted by Gasteiger charge is 2.32. The van der Waals surface area contributed by atoms with E-state index >= 15 is 0 Å². The standard InChI is InChI=1S/C13H18N2O4/c1-4-13(3,12(17)18)15-10-9(7-6-8-14-10)11(16)19-5-2/h6-8H,4-5H2,1-3H3,(H,14,15)(H,17,18). The molecule has 0 saturated carbocycles. The second kappa shape index (κ2) is 6.17. The van der Waals surface area contributed by atoms with Crippen LogP contribution >= 0.6 is 0 Å². The van der Waals surface area contributed by atoms with Gasteiger partial charge in [-0.25, -0.2) is 14.6 Å². The van der Waals surface area contributed by atoms with Crippen LogP contribution in [0.3, 0.4) is 0 Å². The zero-order chi connectivity index (χ0) is 14.5. The normalized spacial score (nSPS) is 13.4. The maximum Gasteiger partial charge on any atom is 0.341 e. The molecule has 0 radical (unpaired) electrons. The first-order valence-corrected chi connectivity index (χ1v) is 6.08. The van der Waals surface area contributed by atoms with Crippen molar-refractivity contribution in [2.24, 2.45) is 0 Å².